The van der Waals surface area contributed by atoms with Crippen molar-refractivity contribution in [2.45, 2.75) is 0 Å². The molecule has 0 fully saturated rings. The highest BCUT2D eigenvalue weighted by Gasteiger charge is 2.39. The van der Waals surface area contributed by atoms with Crippen molar-refractivity contribution in [1.82, 2.24) is 5.01 Å². The van der Waals surface area contributed by atoms with Gasteiger partial charge in [0.1, 0.15) is 0 Å². The van der Waals surface area contributed by atoms with Crippen molar-refractivity contribution in [2.75, 3.05) is 0 Å². The van der Waals surface area contributed by atoms with Gasteiger partial charge >= 0.3 is 11.8 Å². The third-order valence-electron chi connectivity index (χ3n) is 1.90. The van der Waals surface area contributed by atoms with Crippen molar-refractivity contribution in [2.24, 2.45) is 5.22 Å². The largest absolute Gasteiger partial charge is 0.352 e. The van der Waals surface area contributed by atoms with Gasteiger partial charge in [0.05, 0.1) is 11.1 Å². The zero-order valence-corrected chi connectivity index (χ0v) is 6.91. The van der Waals surface area contributed by atoms with Crippen molar-refractivity contribution in [3.05, 3.63) is 45.8 Å². The Morgan fingerprint density at radius 3 is 2.07 bits per heavy atom. The Labute approximate surface area is 78.3 Å². The first-order valence-corrected chi connectivity index (χ1v) is 3.78. The molecule has 14 heavy (non-hydrogen) atoms. The summed E-state index contributed by atoms with van der Waals surface area (Å²) >= 11 is 0. The normalized spacial score (nSPS) is 13.9. The maximum Gasteiger partial charge on any atom is 0.352 e. The molecular formula is C8H4N4O2. The van der Waals surface area contributed by atoms with Gasteiger partial charge in [0.2, 0.25) is 0 Å². The molecule has 0 bridgehead atoms. The van der Waals surface area contributed by atoms with E-state index in [4.69, 9.17) is 5.53 Å². The predicted octanol–water partition coefficient (Wildman–Crippen LogP) is 1.51. The molecule has 0 aromatic heterocycles. The Bertz CT molecular complexity index is 441. The number of benzene rings is 1. The summed E-state index contributed by atoms with van der Waals surface area (Å²) < 4.78 is 0. The smallest absolute Gasteiger partial charge is 0.240 e. The van der Waals surface area contributed by atoms with E-state index in [0.717, 1.165) is 0 Å². The van der Waals surface area contributed by atoms with Crippen LogP contribution in [0.5, 0.6) is 0 Å². The molecular weight excluding hydrogens is 184 g/mol. The number of hydrogen-bond acceptors (Lipinski definition) is 3. The van der Waals surface area contributed by atoms with Gasteiger partial charge in [-0.15, -0.1) is 10.5 Å². The maximum atomic E-state index is 11.4. The van der Waals surface area contributed by atoms with E-state index in [2.05, 4.69) is 10.1 Å². The van der Waals surface area contributed by atoms with Gasteiger partial charge in [0.15, 0.2) is 0 Å². The Morgan fingerprint density at radius 2 is 1.64 bits per heavy atom. The minimum atomic E-state index is -0.580. The van der Waals surface area contributed by atoms with Crippen LogP contribution in [0.1, 0.15) is 20.7 Å². The summed E-state index contributed by atoms with van der Waals surface area (Å²) in [6.07, 6.45) is 0. The number of carbonyl (C=O) groups excluding carboxylic acids is 2. The molecule has 1 aliphatic rings. The molecule has 6 nitrogen and oxygen atoms in total. The van der Waals surface area contributed by atoms with Crippen LogP contribution in [0, 0.1) is 0 Å². The van der Waals surface area contributed by atoms with Gasteiger partial charge in [-0.1, -0.05) is 12.1 Å². The third kappa shape index (κ3) is 0.949. The average Bonchev–Trinajstić information content (AvgIpc) is 2.45. The van der Waals surface area contributed by atoms with E-state index in [1.165, 1.54) is 12.1 Å². The maximum absolute atomic E-state index is 11.4. The van der Waals surface area contributed by atoms with Crippen LogP contribution in [0.3, 0.4) is 0 Å². The number of hydrogen-bond donors (Lipinski definition) is 0. The summed E-state index contributed by atoms with van der Waals surface area (Å²) in [4.78, 5) is 25.3. The fourth-order valence-corrected chi connectivity index (χ4v) is 1.30. The lowest BCUT2D eigenvalue weighted by Gasteiger charge is -1.96. The van der Waals surface area contributed by atoms with Gasteiger partial charge in [-0.05, 0) is 17.4 Å². The van der Waals surface area contributed by atoms with Gasteiger partial charge in [-0.25, -0.2) is 9.59 Å². The van der Waals surface area contributed by atoms with Crippen LogP contribution in [-0.4, -0.2) is 16.8 Å². The molecule has 0 radical (unpaired) electrons. The van der Waals surface area contributed by atoms with E-state index in [1.54, 1.807) is 12.1 Å². The van der Waals surface area contributed by atoms with Crippen molar-refractivity contribution in [3.8, 4) is 0 Å². The molecule has 0 N–H and O–H groups in total. The van der Waals surface area contributed by atoms with E-state index in [0.29, 0.717) is 5.01 Å². The van der Waals surface area contributed by atoms with Crippen LogP contribution >= 0.6 is 0 Å². The highest BCUT2D eigenvalue weighted by Crippen LogP contribution is 2.22. The van der Waals surface area contributed by atoms with Crippen LogP contribution < -0.4 is 0 Å². The molecule has 0 unspecified atom stereocenters. The Hall–Kier alpha value is -2.33. The van der Waals surface area contributed by atoms with E-state index >= 15 is 0 Å². The number of rotatable bonds is 1. The van der Waals surface area contributed by atoms with Crippen LogP contribution in [0.4, 0.5) is 0 Å². The predicted molar refractivity (Wildman–Crippen MR) is 46.1 cm³/mol. The number of fused-ring (bicyclic) bond motifs is 1. The third-order valence-corrected chi connectivity index (χ3v) is 1.90. The summed E-state index contributed by atoms with van der Waals surface area (Å²) in [5.74, 6) is -1.16. The first kappa shape index (κ1) is 8.28. The Balaban J connectivity index is 2.59. The summed E-state index contributed by atoms with van der Waals surface area (Å²) in [5.41, 5.74) is 8.69. The van der Waals surface area contributed by atoms with Crippen molar-refractivity contribution >= 4 is 11.8 Å². The minimum absolute atomic E-state index is 0.268. The Kier molecular flexibility index (Phi) is 1.69. The minimum Gasteiger partial charge on any atom is -0.240 e. The van der Waals surface area contributed by atoms with Crippen molar-refractivity contribution in [3.63, 3.8) is 0 Å². The second kappa shape index (κ2) is 2.86. The van der Waals surface area contributed by atoms with Crippen LogP contribution in [0.25, 0.3) is 10.4 Å². The first-order valence-electron chi connectivity index (χ1n) is 3.78. The number of azide groups is 1. The second-order valence-electron chi connectivity index (χ2n) is 2.65. The van der Waals surface area contributed by atoms with Crippen molar-refractivity contribution in [1.29, 1.82) is 0 Å². The molecule has 1 aromatic carbocycles. The lowest BCUT2D eigenvalue weighted by molar-refractivity contribution is 0.0655. The number of carbonyl (C=O) groups is 2. The molecule has 1 heterocycles. The summed E-state index contributed by atoms with van der Waals surface area (Å²) in [6.45, 7) is 0. The first-order chi connectivity index (χ1) is 6.75. The molecule has 0 spiro atoms. The second-order valence-corrected chi connectivity index (χ2v) is 2.65. The van der Waals surface area contributed by atoms with Gasteiger partial charge in [-0.2, -0.15) is 4.91 Å². The molecule has 68 valence electrons. The topological polar surface area (TPSA) is 86.1 Å². The van der Waals surface area contributed by atoms with Gasteiger partial charge < -0.3 is 0 Å². The van der Waals surface area contributed by atoms with E-state index in [-0.39, 0.29) is 11.1 Å². The summed E-state index contributed by atoms with van der Waals surface area (Å²) in [5, 5.41) is 3.53. The molecule has 0 atom stereocenters. The molecule has 0 saturated heterocycles. The van der Waals surface area contributed by atoms with E-state index in [1.807, 2.05) is 0 Å². The molecule has 0 saturated carbocycles. The van der Waals surface area contributed by atoms with Crippen LogP contribution in [0.2, 0.25) is 0 Å². The average molecular weight is 188 g/mol. The molecule has 2 amide bonds. The van der Waals surface area contributed by atoms with Gasteiger partial charge in [-0.3, -0.25) is 0 Å². The highest BCUT2D eigenvalue weighted by atomic mass is 16.2. The molecule has 1 aromatic rings. The molecule has 1 aliphatic heterocycles. The van der Waals surface area contributed by atoms with Crippen molar-refractivity contribution < 1.29 is 9.59 Å². The van der Waals surface area contributed by atoms with Gasteiger partial charge in [0, 0.05) is 0 Å². The number of imide groups is 1. The monoisotopic (exact) mass is 188 g/mol. The highest BCUT2D eigenvalue weighted by molar-refractivity contribution is 6.21. The molecule has 6 heteroatoms. The zero-order valence-electron chi connectivity index (χ0n) is 6.91. The van der Waals surface area contributed by atoms with E-state index < -0.39 is 11.8 Å². The number of nitrogens with zero attached hydrogens (tertiary/aromatic N) is 4. The lowest BCUT2D eigenvalue weighted by Crippen LogP contribution is -2.22. The van der Waals surface area contributed by atoms with Crippen LogP contribution in [0.15, 0.2) is 29.5 Å². The summed E-state index contributed by atoms with van der Waals surface area (Å²) in [7, 11) is 0. The fourth-order valence-electron chi connectivity index (χ4n) is 1.30. The lowest BCUT2D eigenvalue weighted by atomic mass is 10.1. The molecule has 2 rings (SSSR count). The molecule has 0 aliphatic carbocycles. The quantitative estimate of drug-likeness (QED) is 0.289. The SMILES string of the molecule is [N-]=[N+]=NN1C(=O)c2ccccc2C1=O. The zero-order chi connectivity index (χ0) is 10.1. The van der Waals surface area contributed by atoms with Gasteiger partial charge in [0.25, 0.3) is 0 Å². The summed E-state index contributed by atoms with van der Waals surface area (Å²) in [6, 6.07) is 6.32. The Morgan fingerprint density at radius 1 is 1.14 bits per heavy atom. The van der Waals surface area contributed by atoms with E-state index in [9.17, 15) is 9.59 Å². The number of amides is 2. The van der Waals surface area contributed by atoms with Crippen LogP contribution in [-0.2, 0) is 0 Å². The fraction of sp³-hybridized carbons (Fsp3) is 0. The standard InChI is InChI=1S/C8H4N4O2/c9-10-11-12-7(13)5-3-1-2-4-6(5)8(12)14/h1-4H.